The van der Waals surface area contributed by atoms with Crippen LogP contribution in [0.25, 0.3) is 10.8 Å². The fourth-order valence-electron chi connectivity index (χ4n) is 4.38. The van der Waals surface area contributed by atoms with Crippen molar-refractivity contribution in [2.45, 2.75) is 25.8 Å². The topological polar surface area (TPSA) is 40.6 Å². The minimum atomic E-state index is -0.158. The van der Waals surface area contributed by atoms with Crippen LogP contribution in [0.2, 0.25) is 0 Å². The summed E-state index contributed by atoms with van der Waals surface area (Å²) in [5.74, 6) is -0.0290. The quantitative estimate of drug-likeness (QED) is 0.624. The van der Waals surface area contributed by atoms with E-state index in [1.165, 1.54) is 0 Å². The molecule has 0 saturated carbocycles. The molecule has 2 unspecified atom stereocenters. The summed E-state index contributed by atoms with van der Waals surface area (Å²) < 4.78 is 0. The molecule has 0 aliphatic carbocycles. The number of rotatable bonds is 4. The van der Waals surface area contributed by atoms with Gasteiger partial charge in [-0.1, -0.05) is 66.7 Å². The first kappa shape index (κ1) is 20.1. The van der Waals surface area contributed by atoms with Gasteiger partial charge in [0.2, 0.25) is 5.91 Å². The molecule has 3 aromatic carbocycles. The number of hydrogen-bond acceptors (Lipinski definition) is 2. The summed E-state index contributed by atoms with van der Waals surface area (Å²) in [6, 6.07) is 23.9. The lowest BCUT2D eigenvalue weighted by Crippen LogP contribution is -2.46. The Morgan fingerprint density at radius 3 is 2.47 bits per heavy atom. The van der Waals surface area contributed by atoms with Gasteiger partial charge in [-0.2, -0.15) is 0 Å². The van der Waals surface area contributed by atoms with Gasteiger partial charge in [-0.25, -0.2) is 0 Å². The van der Waals surface area contributed by atoms with Crippen molar-refractivity contribution in [3.63, 3.8) is 0 Å². The Hall–Kier alpha value is -3.14. The van der Waals surface area contributed by atoms with Crippen molar-refractivity contribution in [2.75, 3.05) is 20.1 Å². The molecule has 0 spiro atoms. The Kier molecular flexibility index (Phi) is 5.84. The van der Waals surface area contributed by atoms with E-state index in [1.54, 1.807) is 0 Å². The number of likely N-dealkylation sites (tertiary alicyclic amines) is 1. The Morgan fingerprint density at radius 1 is 0.967 bits per heavy atom. The van der Waals surface area contributed by atoms with Gasteiger partial charge in [-0.05, 0) is 42.2 Å². The highest BCUT2D eigenvalue weighted by atomic mass is 16.2. The number of amides is 2. The predicted molar refractivity (Wildman–Crippen MR) is 120 cm³/mol. The van der Waals surface area contributed by atoms with Crippen molar-refractivity contribution in [3.05, 3.63) is 83.9 Å². The van der Waals surface area contributed by atoms with Gasteiger partial charge in [0, 0.05) is 25.7 Å². The molecular weight excluding hydrogens is 372 g/mol. The fourth-order valence-corrected chi connectivity index (χ4v) is 4.38. The number of carbonyl (C=O) groups excluding carboxylic acids is 2. The highest BCUT2D eigenvalue weighted by molar-refractivity contribution is 6.07. The van der Waals surface area contributed by atoms with E-state index in [1.807, 2.05) is 89.6 Å². The highest BCUT2D eigenvalue weighted by Gasteiger charge is 2.32. The molecule has 3 aromatic rings. The van der Waals surface area contributed by atoms with Gasteiger partial charge in [-0.15, -0.1) is 0 Å². The SMILES string of the molecule is CC(c1ccccc1)N(C)C(=O)C1CCCN(C(=O)c2cccc3ccccc23)C1. The third-order valence-corrected chi connectivity index (χ3v) is 6.29. The summed E-state index contributed by atoms with van der Waals surface area (Å²) in [6.45, 7) is 3.23. The average Bonchev–Trinajstić information content (AvgIpc) is 2.82. The number of hydrogen-bond donors (Lipinski definition) is 0. The zero-order valence-electron chi connectivity index (χ0n) is 17.6. The summed E-state index contributed by atoms with van der Waals surface area (Å²) in [7, 11) is 1.87. The van der Waals surface area contributed by atoms with Gasteiger partial charge in [0.05, 0.1) is 12.0 Å². The number of carbonyl (C=O) groups is 2. The molecule has 0 bridgehead atoms. The van der Waals surface area contributed by atoms with Crippen LogP contribution in [0.1, 0.15) is 41.7 Å². The van der Waals surface area contributed by atoms with Gasteiger partial charge in [-0.3, -0.25) is 9.59 Å². The molecule has 4 heteroatoms. The summed E-state index contributed by atoms with van der Waals surface area (Å²) in [5, 5.41) is 2.03. The van der Waals surface area contributed by atoms with Crippen LogP contribution in [-0.4, -0.2) is 41.8 Å². The molecule has 0 radical (unpaired) electrons. The minimum absolute atomic E-state index is 0.00263. The highest BCUT2D eigenvalue weighted by Crippen LogP contribution is 2.27. The molecule has 2 atom stereocenters. The van der Waals surface area contributed by atoms with Crippen LogP contribution in [0, 0.1) is 5.92 Å². The van der Waals surface area contributed by atoms with Crippen LogP contribution >= 0.6 is 0 Å². The maximum absolute atomic E-state index is 13.3. The zero-order chi connectivity index (χ0) is 21.1. The van der Waals surface area contributed by atoms with E-state index in [0.29, 0.717) is 18.7 Å². The van der Waals surface area contributed by atoms with Gasteiger partial charge in [0.15, 0.2) is 0 Å². The smallest absolute Gasteiger partial charge is 0.254 e. The molecule has 2 amide bonds. The first-order valence-corrected chi connectivity index (χ1v) is 10.6. The van der Waals surface area contributed by atoms with Crippen LogP contribution in [0.5, 0.6) is 0 Å². The second-order valence-corrected chi connectivity index (χ2v) is 8.15. The lowest BCUT2D eigenvalue weighted by Gasteiger charge is -2.36. The molecule has 1 heterocycles. The van der Waals surface area contributed by atoms with Crippen LogP contribution in [0.15, 0.2) is 72.8 Å². The van der Waals surface area contributed by atoms with E-state index in [2.05, 4.69) is 6.92 Å². The van der Waals surface area contributed by atoms with Crippen molar-refractivity contribution in [2.24, 2.45) is 5.92 Å². The molecule has 4 nitrogen and oxygen atoms in total. The summed E-state index contributed by atoms with van der Waals surface area (Å²) >= 11 is 0. The van der Waals surface area contributed by atoms with Crippen LogP contribution in [0.3, 0.4) is 0 Å². The maximum atomic E-state index is 13.3. The van der Waals surface area contributed by atoms with Gasteiger partial charge in [0.1, 0.15) is 0 Å². The van der Waals surface area contributed by atoms with Crippen molar-refractivity contribution in [3.8, 4) is 0 Å². The second kappa shape index (κ2) is 8.70. The summed E-state index contributed by atoms with van der Waals surface area (Å²) in [5.41, 5.74) is 1.83. The van der Waals surface area contributed by atoms with Crippen molar-refractivity contribution >= 4 is 22.6 Å². The third kappa shape index (κ3) is 3.95. The second-order valence-electron chi connectivity index (χ2n) is 8.15. The molecule has 0 aromatic heterocycles. The fraction of sp³-hybridized carbons (Fsp3) is 0.308. The third-order valence-electron chi connectivity index (χ3n) is 6.29. The number of benzene rings is 3. The van der Waals surface area contributed by atoms with E-state index in [4.69, 9.17) is 0 Å². The Labute approximate surface area is 178 Å². The number of nitrogens with zero attached hydrogens (tertiary/aromatic N) is 2. The Morgan fingerprint density at radius 2 is 1.67 bits per heavy atom. The minimum Gasteiger partial charge on any atom is -0.339 e. The van der Waals surface area contributed by atoms with E-state index < -0.39 is 0 Å². The van der Waals surface area contributed by atoms with E-state index in [9.17, 15) is 9.59 Å². The summed E-state index contributed by atoms with van der Waals surface area (Å²) in [6.07, 6.45) is 1.67. The molecule has 154 valence electrons. The Bertz CT molecular complexity index is 1040. The normalized spacial score (nSPS) is 17.5. The van der Waals surface area contributed by atoms with E-state index >= 15 is 0 Å². The Balaban J connectivity index is 1.50. The number of fused-ring (bicyclic) bond motifs is 1. The van der Waals surface area contributed by atoms with Gasteiger partial charge in [0.25, 0.3) is 5.91 Å². The zero-order valence-corrected chi connectivity index (χ0v) is 17.6. The largest absolute Gasteiger partial charge is 0.339 e. The van der Waals surface area contributed by atoms with Gasteiger partial charge < -0.3 is 9.80 Å². The predicted octanol–water partition coefficient (Wildman–Crippen LogP) is 4.91. The van der Waals surface area contributed by atoms with Crippen LogP contribution < -0.4 is 0 Å². The standard InChI is InChI=1S/C26H28N2O2/c1-19(20-10-4-3-5-11-20)27(2)25(29)22-14-9-17-28(18-22)26(30)24-16-8-13-21-12-6-7-15-23(21)24/h3-8,10-13,15-16,19,22H,9,14,17-18H2,1-2H3. The monoisotopic (exact) mass is 400 g/mol. The molecule has 0 N–H and O–H groups in total. The van der Waals surface area contributed by atoms with Crippen molar-refractivity contribution < 1.29 is 9.59 Å². The molecule has 1 aliphatic rings. The molecule has 30 heavy (non-hydrogen) atoms. The maximum Gasteiger partial charge on any atom is 0.254 e. The van der Waals surface area contributed by atoms with Crippen molar-refractivity contribution in [1.29, 1.82) is 0 Å². The van der Waals surface area contributed by atoms with Crippen molar-refractivity contribution in [1.82, 2.24) is 9.80 Å². The molecular formula is C26H28N2O2. The average molecular weight is 401 g/mol. The molecule has 4 rings (SSSR count). The molecule has 1 fully saturated rings. The summed E-state index contributed by atoms with van der Waals surface area (Å²) in [4.78, 5) is 30.2. The lowest BCUT2D eigenvalue weighted by atomic mass is 9.94. The molecule has 1 aliphatic heterocycles. The van der Waals surface area contributed by atoms with E-state index in [0.717, 1.165) is 29.2 Å². The van der Waals surface area contributed by atoms with Crippen LogP contribution in [0.4, 0.5) is 0 Å². The van der Waals surface area contributed by atoms with E-state index in [-0.39, 0.29) is 23.8 Å². The lowest BCUT2D eigenvalue weighted by molar-refractivity contribution is -0.137. The first-order chi connectivity index (χ1) is 14.6. The number of piperidine rings is 1. The first-order valence-electron chi connectivity index (χ1n) is 10.6. The van der Waals surface area contributed by atoms with Crippen LogP contribution in [-0.2, 0) is 4.79 Å². The molecule has 1 saturated heterocycles. The van der Waals surface area contributed by atoms with Gasteiger partial charge >= 0.3 is 0 Å².